The van der Waals surface area contributed by atoms with Crippen molar-refractivity contribution in [3.63, 3.8) is 0 Å². The van der Waals surface area contributed by atoms with Crippen molar-refractivity contribution in [2.24, 2.45) is 0 Å². The third-order valence-electron chi connectivity index (χ3n) is 2.46. The molecule has 1 fully saturated rings. The summed E-state index contributed by atoms with van der Waals surface area (Å²) < 4.78 is 5.83. The van der Waals surface area contributed by atoms with E-state index in [1.807, 2.05) is 24.3 Å². The minimum atomic E-state index is 0.424. The molecule has 2 rings (SSSR count). The quantitative estimate of drug-likeness (QED) is 0.711. The molecule has 70 valence electrons. The molecule has 0 radical (unpaired) electrons. The maximum atomic E-state index is 5.83. The molecule has 0 heterocycles. The summed E-state index contributed by atoms with van der Waals surface area (Å²) in [5.41, 5.74) is 0. The van der Waals surface area contributed by atoms with Crippen LogP contribution in [-0.4, -0.2) is 6.10 Å². The van der Waals surface area contributed by atoms with Crippen molar-refractivity contribution in [2.75, 3.05) is 0 Å². The van der Waals surface area contributed by atoms with Gasteiger partial charge < -0.3 is 4.74 Å². The van der Waals surface area contributed by atoms with E-state index in [-0.39, 0.29) is 0 Å². The fourth-order valence-electron chi connectivity index (χ4n) is 1.74. The van der Waals surface area contributed by atoms with E-state index in [0.29, 0.717) is 6.10 Å². The predicted octanol–water partition coefficient (Wildman–Crippen LogP) is 3.30. The molecule has 2 heteroatoms. The summed E-state index contributed by atoms with van der Waals surface area (Å²) in [4.78, 5) is 0.939. The maximum absolute atomic E-state index is 5.83. The molecule has 0 amide bonds. The van der Waals surface area contributed by atoms with E-state index in [1.54, 1.807) is 0 Å². The minimum absolute atomic E-state index is 0.424. The highest BCUT2D eigenvalue weighted by Gasteiger charge is 2.16. The van der Waals surface area contributed by atoms with Gasteiger partial charge in [-0.15, -0.1) is 12.6 Å². The fraction of sp³-hybridized carbons (Fsp3) is 0.455. The predicted molar refractivity (Wildman–Crippen MR) is 56.6 cm³/mol. The summed E-state index contributed by atoms with van der Waals surface area (Å²) in [5.74, 6) is 0.928. The van der Waals surface area contributed by atoms with Gasteiger partial charge in [-0.3, -0.25) is 0 Å². The standard InChI is InChI=1S/C11H14OS/c13-11-8-4-3-7-10(11)12-9-5-1-2-6-9/h3-4,7-9,13H,1-2,5-6H2. The van der Waals surface area contributed by atoms with Gasteiger partial charge in [-0.05, 0) is 37.8 Å². The molecule has 0 unspecified atom stereocenters. The lowest BCUT2D eigenvalue weighted by Crippen LogP contribution is -2.10. The van der Waals surface area contributed by atoms with E-state index in [1.165, 1.54) is 25.7 Å². The molecule has 1 aromatic rings. The first-order valence-electron chi connectivity index (χ1n) is 4.81. The van der Waals surface area contributed by atoms with Gasteiger partial charge >= 0.3 is 0 Å². The Morgan fingerprint density at radius 3 is 2.54 bits per heavy atom. The third kappa shape index (κ3) is 2.19. The number of para-hydroxylation sites is 1. The van der Waals surface area contributed by atoms with Crippen molar-refractivity contribution in [3.8, 4) is 5.75 Å². The van der Waals surface area contributed by atoms with Crippen LogP contribution in [0, 0.1) is 0 Å². The zero-order chi connectivity index (χ0) is 9.10. The summed E-state index contributed by atoms with van der Waals surface area (Å²) in [5, 5.41) is 0. The van der Waals surface area contributed by atoms with Crippen LogP contribution in [0.1, 0.15) is 25.7 Å². The van der Waals surface area contributed by atoms with Crippen molar-refractivity contribution in [1.82, 2.24) is 0 Å². The first-order chi connectivity index (χ1) is 6.36. The molecule has 0 spiro atoms. The lowest BCUT2D eigenvalue weighted by molar-refractivity contribution is 0.205. The molecule has 1 saturated carbocycles. The summed E-state index contributed by atoms with van der Waals surface area (Å²) in [6.45, 7) is 0. The smallest absolute Gasteiger partial charge is 0.133 e. The molecule has 1 nitrogen and oxygen atoms in total. The molecular formula is C11H14OS. The average Bonchev–Trinajstić information content (AvgIpc) is 2.61. The van der Waals surface area contributed by atoms with Crippen molar-refractivity contribution in [3.05, 3.63) is 24.3 Å². The van der Waals surface area contributed by atoms with Crippen LogP contribution < -0.4 is 4.74 Å². The van der Waals surface area contributed by atoms with Gasteiger partial charge in [0.15, 0.2) is 0 Å². The Morgan fingerprint density at radius 1 is 1.15 bits per heavy atom. The van der Waals surface area contributed by atoms with Crippen LogP contribution in [0.5, 0.6) is 5.75 Å². The van der Waals surface area contributed by atoms with Gasteiger partial charge in [-0.25, -0.2) is 0 Å². The lowest BCUT2D eigenvalue weighted by atomic mass is 10.3. The second-order valence-electron chi connectivity index (χ2n) is 3.49. The molecule has 0 aromatic heterocycles. The van der Waals surface area contributed by atoms with Crippen LogP contribution >= 0.6 is 12.6 Å². The van der Waals surface area contributed by atoms with Crippen LogP contribution in [0.3, 0.4) is 0 Å². The van der Waals surface area contributed by atoms with Gasteiger partial charge in [-0.2, -0.15) is 0 Å². The fourth-order valence-corrected chi connectivity index (χ4v) is 1.96. The van der Waals surface area contributed by atoms with E-state index >= 15 is 0 Å². The zero-order valence-electron chi connectivity index (χ0n) is 7.57. The molecule has 0 aliphatic heterocycles. The number of ether oxygens (including phenoxy) is 1. The van der Waals surface area contributed by atoms with Gasteiger partial charge in [0.05, 0.1) is 6.10 Å². The molecule has 0 bridgehead atoms. The first kappa shape index (κ1) is 8.95. The third-order valence-corrected chi connectivity index (χ3v) is 2.83. The molecule has 13 heavy (non-hydrogen) atoms. The molecule has 1 aromatic carbocycles. The Kier molecular flexibility index (Phi) is 2.79. The van der Waals surface area contributed by atoms with E-state index in [4.69, 9.17) is 4.74 Å². The molecule has 1 aliphatic carbocycles. The van der Waals surface area contributed by atoms with E-state index in [2.05, 4.69) is 12.6 Å². The summed E-state index contributed by atoms with van der Waals surface area (Å²) in [6, 6.07) is 7.92. The Balaban J connectivity index is 2.04. The Labute approximate surface area is 84.5 Å². The Morgan fingerprint density at radius 2 is 1.85 bits per heavy atom. The SMILES string of the molecule is Sc1ccccc1OC1CCCC1. The second kappa shape index (κ2) is 4.05. The number of thiol groups is 1. The number of hydrogen-bond donors (Lipinski definition) is 1. The van der Waals surface area contributed by atoms with E-state index < -0.39 is 0 Å². The molecule has 0 atom stereocenters. The average molecular weight is 194 g/mol. The zero-order valence-corrected chi connectivity index (χ0v) is 8.47. The summed E-state index contributed by atoms with van der Waals surface area (Å²) >= 11 is 4.35. The van der Waals surface area contributed by atoms with Crippen LogP contribution in [0.4, 0.5) is 0 Å². The van der Waals surface area contributed by atoms with Crippen LogP contribution in [0.2, 0.25) is 0 Å². The highest BCUT2D eigenvalue weighted by molar-refractivity contribution is 7.80. The van der Waals surface area contributed by atoms with Gasteiger partial charge in [-0.1, -0.05) is 12.1 Å². The summed E-state index contributed by atoms with van der Waals surface area (Å²) in [6.07, 6.45) is 5.43. The Bertz CT molecular complexity index is 279. The monoisotopic (exact) mass is 194 g/mol. The number of rotatable bonds is 2. The topological polar surface area (TPSA) is 9.23 Å². The molecule has 0 N–H and O–H groups in total. The highest BCUT2D eigenvalue weighted by Crippen LogP contribution is 2.27. The van der Waals surface area contributed by atoms with Crippen LogP contribution in [0.15, 0.2) is 29.2 Å². The van der Waals surface area contributed by atoms with Crippen molar-refractivity contribution in [2.45, 2.75) is 36.7 Å². The van der Waals surface area contributed by atoms with E-state index in [9.17, 15) is 0 Å². The normalized spacial score (nSPS) is 17.6. The molecular weight excluding hydrogens is 180 g/mol. The van der Waals surface area contributed by atoms with Gasteiger partial charge in [0.1, 0.15) is 5.75 Å². The first-order valence-corrected chi connectivity index (χ1v) is 5.25. The van der Waals surface area contributed by atoms with Crippen LogP contribution in [-0.2, 0) is 0 Å². The van der Waals surface area contributed by atoms with Crippen molar-refractivity contribution < 1.29 is 4.74 Å². The molecule has 0 saturated heterocycles. The summed E-state index contributed by atoms with van der Waals surface area (Å²) in [7, 11) is 0. The van der Waals surface area contributed by atoms with E-state index in [0.717, 1.165) is 10.6 Å². The largest absolute Gasteiger partial charge is 0.489 e. The van der Waals surface area contributed by atoms with Crippen molar-refractivity contribution in [1.29, 1.82) is 0 Å². The van der Waals surface area contributed by atoms with Gasteiger partial charge in [0, 0.05) is 4.90 Å². The van der Waals surface area contributed by atoms with Gasteiger partial charge in [0.2, 0.25) is 0 Å². The number of benzene rings is 1. The molecule has 1 aliphatic rings. The van der Waals surface area contributed by atoms with Gasteiger partial charge in [0.25, 0.3) is 0 Å². The maximum Gasteiger partial charge on any atom is 0.133 e. The van der Waals surface area contributed by atoms with Crippen LogP contribution in [0.25, 0.3) is 0 Å². The minimum Gasteiger partial charge on any atom is -0.489 e. The van der Waals surface area contributed by atoms with Crippen molar-refractivity contribution >= 4 is 12.6 Å². The second-order valence-corrected chi connectivity index (χ2v) is 3.97. The lowest BCUT2D eigenvalue weighted by Gasteiger charge is -2.14. The highest BCUT2D eigenvalue weighted by atomic mass is 32.1. The Hall–Kier alpha value is -0.630. The number of hydrogen-bond acceptors (Lipinski definition) is 2.